The van der Waals surface area contributed by atoms with E-state index in [0.29, 0.717) is 24.2 Å². The minimum absolute atomic E-state index is 0.00325. The number of amides is 1. The van der Waals surface area contributed by atoms with Gasteiger partial charge in [-0.05, 0) is 95.2 Å². The van der Waals surface area contributed by atoms with Crippen LogP contribution in [0.25, 0.3) is 0 Å². The Labute approximate surface area is 235 Å². The van der Waals surface area contributed by atoms with Crippen molar-refractivity contribution in [3.8, 4) is 0 Å². The van der Waals surface area contributed by atoms with Crippen LogP contribution >= 0.6 is 0 Å². The number of rotatable bonds is 9. The van der Waals surface area contributed by atoms with Crippen LogP contribution < -0.4 is 19.7 Å². The van der Waals surface area contributed by atoms with Crippen molar-refractivity contribution < 1.29 is 31.5 Å². The fourth-order valence-corrected chi connectivity index (χ4v) is 7.10. The number of hydrogen-bond donors (Lipinski definition) is 4. The first-order valence-corrected chi connectivity index (χ1v) is 16.1. The molecular formula is C27H36N4O7S2. The van der Waals surface area contributed by atoms with E-state index in [0.717, 1.165) is 19.8 Å². The third-order valence-electron chi connectivity index (χ3n) is 7.28. The lowest BCUT2D eigenvalue weighted by Crippen LogP contribution is -2.40. The molecule has 2 fully saturated rings. The zero-order valence-corrected chi connectivity index (χ0v) is 24.7. The molecule has 218 valence electrons. The van der Waals surface area contributed by atoms with Gasteiger partial charge in [-0.15, -0.1) is 0 Å². The molecule has 2 aliphatic rings. The summed E-state index contributed by atoms with van der Waals surface area (Å²) < 4.78 is 55.6. The molecule has 4 rings (SSSR count). The van der Waals surface area contributed by atoms with Crippen molar-refractivity contribution in [3.63, 3.8) is 0 Å². The topological polar surface area (TPSA) is 162 Å². The maximum Gasteiger partial charge on any atom is 0.323 e. The van der Waals surface area contributed by atoms with Crippen LogP contribution in [0, 0.1) is 5.41 Å². The van der Waals surface area contributed by atoms with E-state index in [1.807, 2.05) is 4.90 Å². The number of nitrogens with one attached hydrogen (secondary N) is 3. The molecule has 13 heteroatoms. The Morgan fingerprint density at radius 2 is 1.60 bits per heavy atom. The van der Waals surface area contributed by atoms with Gasteiger partial charge >= 0.3 is 5.97 Å². The summed E-state index contributed by atoms with van der Waals surface area (Å²) >= 11 is 0. The van der Waals surface area contributed by atoms with Gasteiger partial charge in [0, 0.05) is 24.3 Å². The van der Waals surface area contributed by atoms with Crippen molar-refractivity contribution in [1.29, 1.82) is 0 Å². The van der Waals surface area contributed by atoms with Crippen LogP contribution in [0.2, 0.25) is 0 Å². The van der Waals surface area contributed by atoms with Gasteiger partial charge in [-0.1, -0.05) is 6.07 Å². The second kappa shape index (κ2) is 10.7. The monoisotopic (exact) mass is 592 g/mol. The van der Waals surface area contributed by atoms with E-state index in [4.69, 9.17) is 5.11 Å². The van der Waals surface area contributed by atoms with E-state index < -0.39 is 42.7 Å². The fraction of sp³-hybridized carbons (Fsp3) is 0.481. The molecule has 11 nitrogen and oxygen atoms in total. The molecule has 40 heavy (non-hydrogen) atoms. The molecular weight excluding hydrogens is 556 g/mol. The zero-order valence-electron chi connectivity index (χ0n) is 23.0. The largest absolute Gasteiger partial charge is 0.480 e. The Morgan fingerprint density at radius 3 is 2.17 bits per heavy atom. The highest BCUT2D eigenvalue weighted by Crippen LogP contribution is 2.54. The van der Waals surface area contributed by atoms with Gasteiger partial charge < -0.3 is 15.3 Å². The van der Waals surface area contributed by atoms with E-state index in [2.05, 4.69) is 14.8 Å². The van der Waals surface area contributed by atoms with Crippen molar-refractivity contribution in [2.45, 2.75) is 69.1 Å². The second-order valence-electron chi connectivity index (χ2n) is 11.7. The Hall–Kier alpha value is -3.16. The number of hydrogen-bond acceptors (Lipinski definition) is 7. The molecule has 1 aliphatic carbocycles. The highest BCUT2D eigenvalue weighted by atomic mass is 32.2. The van der Waals surface area contributed by atoms with Crippen molar-refractivity contribution in [3.05, 3.63) is 48.0 Å². The first-order chi connectivity index (χ1) is 18.5. The molecule has 0 aromatic heterocycles. The van der Waals surface area contributed by atoms with Crippen LogP contribution in [0.4, 0.5) is 17.1 Å². The molecule has 1 unspecified atom stereocenters. The third-order valence-corrected chi connectivity index (χ3v) is 10.7. The van der Waals surface area contributed by atoms with Crippen LogP contribution in [-0.2, 0) is 24.8 Å². The van der Waals surface area contributed by atoms with Crippen LogP contribution in [0.15, 0.2) is 47.4 Å². The molecule has 1 saturated heterocycles. The number of carboxylic acids is 1. The fourth-order valence-electron chi connectivity index (χ4n) is 4.73. The zero-order chi connectivity index (χ0) is 29.5. The summed E-state index contributed by atoms with van der Waals surface area (Å²) in [6, 6.07) is 10.4. The number of carbonyl (C=O) groups excluding carboxylic acids is 1. The summed E-state index contributed by atoms with van der Waals surface area (Å²) in [7, 11) is -8.04. The van der Waals surface area contributed by atoms with E-state index in [1.54, 1.807) is 32.9 Å². The van der Waals surface area contributed by atoms with Gasteiger partial charge in [0.05, 0.1) is 21.8 Å². The SMILES string of the molecule is CC(C(=O)O)S(=O)(=O)Nc1ccc(C(=O)Nc2cccc(S(=O)(=O)NC(C)(C)C)c2)c(N2CCC3(CC2)CC3)c1. The van der Waals surface area contributed by atoms with Gasteiger partial charge in [-0.3, -0.25) is 14.3 Å². The summed E-state index contributed by atoms with van der Waals surface area (Å²) in [5.74, 6) is -1.97. The van der Waals surface area contributed by atoms with Crippen molar-refractivity contribution >= 4 is 49.0 Å². The number of piperidine rings is 1. The predicted molar refractivity (Wildman–Crippen MR) is 154 cm³/mol. The Kier molecular flexibility index (Phi) is 7.96. The number of carboxylic acid groups (broad SMARTS) is 1. The third kappa shape index (κ3) is 6.94. The standard InChI is InChI=1S/C27H36N4O7S2/c1-18(25(33)34)39(35,36)29-20-8-9-22(23(17-20)31-14-12-27(10-11-27)13-15-31)24(32)28-19-6-5-7-21(16-19)40(37,38)30-26(2,3)4/h5-9,16-18,29-30H,10-15H2,1-4H3,(H,28,32)(H,33,34). The van der Waals surface area contributed by atoms with Gasteiger partial charge in [-0.2, -0.15) is 0 Å². The van der Waals surface area contributed by atoms with Gasteiger partial charge in [0.1, 0.15) is 0 Å². The number of sulfonamides is 2. The first kappa shape index (κ1) is 29.8. The molecule has 2 aromatic rings. The average Bonchev–Trinajstić information content (AvgIpc) is 3.61. The maximum absolute atomic E-state index is 13.5. The van der Waals surface area contributed by atoms with Gasteiger partial charge in [0.15, 0.2) is 5.25 Å². The van der Waals surface area contributed by atoms with E-state index in [1.165, 1.54) is 43.2 Å². The summed E-state index contributed by atoms with van der Waals surface area (Å²) in [5, 5.41) is 10.3. The van der Waals surface area contributed by atoms with Gasteiger partial charge in [0.2, 0.25) is 20.0 Å². The minimum Gasteiger partial charge on any atom is -0.480 e. The van der Waals surface area contributed by atoms with Crippen molar-refractivity contribution in [1.82, 2.24) is 4.72 Å². The second-order valence-corrected chi connectivity index (χ2v) is 15.4. The summed E-state index contributed by atoms with van der Waals surface area (Å²) in [4.78, 5) is 26.8. The van der Waals surface area contributed by atoms with Crippen LogP contribution in [0.5, 0.6) is 0 Å². The molecule has 1 spiro atoms. The highest BCUT2D eigenvalue weighted by molar-refractivity contribution is 7.94. The average molecular weight is 593 g/mol. The minimum atomic E-state index is -4.21. The predicted octanol–water partition coefficient (Wildman–Crippen LogP) is 3.61. The number of benzene rings is 2. The van der Waals surface area contributed by atoms with Crippen LogP contribution in [-0.4, -0.2) is 57.7 Å². The molecule has 1 saturated carbocycles. The summed E-state index contributed by atoms with van der Waals surface area (Å²) in [5.41, 5.74) is 0.890. The lowest BCUT2D eigenvalue weighted by Gasteiger charge is -2.35. The number of aliphatic carboxylic acids is 1. The van der Waals surface area contributed by atoms with E-state index in [9.17, 15) is 26.4 Å². The lowest BCUT2D eigenvalue weighted by molar-refractivity contribution is -0.136. The Balaban J connectivity index is 1.63. The molecule has 0 radical (unpaired) electrons. The normalized spacial score (nSPS) is 17.8. The molecule has 1 amide bonds. The molecule has 1 atom stereocenters. The molecule has 4 N–H and O–H groups in total. The summed E-state index contributed by atoms with van der Waals surface area (Å²) in [6.07, 6.45) is 4.29. The first-order valence-electron chi connectivity index (χ1n) is 13.1. The Morgan fingerprint density at radius 1 is 0.950 bits per heavy atom. The molecule has 2 aromatic carbocycles. The van der Waals surface area contributed by atoms with E-state index >= 15 is 0 Å². The van der Waals surface area contributed by atoms with Crippen LogP contribution in [0.1, 0.15) is 63.7 Å². The lowest BCUT2D eigenvalue weighted by atomic mass is 9.93. The summed E-state index contributed by atoms with van der Waals surface area (Å²) in [6.45, 7) is 7.65. The van der Waals surface area contributed by atoms with Crippen LogP contribution in [0.3, 0.4) is 0 Å². The quantitative estimate of drug-likeness (QED) is 0.343. The van der Waals surface area contributed by atoms with Gasteiger partial charge in [-0.25, -0.2) is 21.6 Å². The highest BCUT2D eigenvalue weighted by Gasteiger charge is 2.44. The van der Waals surface area contributed by atoms with Crippen molar-refractivity contribution in [2.24, 2.45) is 5.41 Å². The molecule has 1 heterocycles. The Bertz CT molecular complexity index is 1520. The van der Waals surface area contributed by atoms with Crippen molar-refractivity contribution in [2.75, 3.05) is 28.0 Å². The maximum atomic E-state index is 13.5. The smallest absolute Gasteiger partial charge is 0.323 e. The van der Waals surface area contributed by atoms with Gasteiger partial charge in [0.25, 0.3) is 5.91 Å². The number of carbonyl (C=O) groups is 2. The van der Waals surface area contributed by atoms with E-state index in [-0.39, 0.29) is 21.8 Å². The molecule has 0 bridgehead atoms. The number of nitrogens with zero attached hydrogens (tertiary/aromatic N) is 1. The number of anilines is 3. The molecule has 1 aliphatic heterocycles.